The van der Waals surface area contributed by atoms with Crippen molar-refractivity contribution in [2.45, 2.75) is 6.54 Å². The number of carbonyl (C=O) groups is 1. The number of hydrogen-bond acceptors (Lipinski definition) is 3. The monoisotopic (exact) mass is 374 g/mol. The third kappa shape index (κ3) is 3.60. The number of piperidine rings is 1. The average Bonchev–Trinajstić information content (AvgIpc) is 3.14. The van der Waals surface area contributed by atoms with E-state index in [1.165, 1.54) is 30.3 Å². The largest absolute Gasteiger partial charge is 0.451 e. The number of fused-ring (bicyclic) bond motifs is 1. The molecule has 1 heterocycles. The number of benzene rings is 2. The molecule has 27 heavy (non-hydrogen) atoms. The van der Waals surface area contributed by atoms with Crippen LogP contribution >= 0.6 is 0 Å². The van der Waals surface area contributed by atoms with Crippen LogP contribution in [0.2, 0.25) is 0 Å². The number of halogens is 2. The zero-order chi connectivity index (χ0) is 19.0. The number of nitrogens with zero attached hydrogens (tertiary/aromatic N) is 1. The van der Waals surface area contributed by atoms with Gasteiger partial charge in [-0.15, -0.1) is 0 Å². The van der Waals surface area contributed by atoms with Gasteiger partial charge in [0.1, 0.15) is 0 Å². The van der Waals surface area contributed by atoms with Crippen LogP contribution in [0.25, 0.3) is 0 Å². The minimum atomic E-state index is -0.627. The Morgan fingerprint density at radius 3 is 2.48 bits per heavy atom. The van der Waals surface area contributed by atoms with Gasteiger partial charge in [-0.05, 0) is 47.6 Å². The molecule has 5 nitrogen and oxygen atoms in total. The molecule has 0 aromatic heterocycles. The van der Waals surface area contributed by atoms with Gasteiger partial charge < -0.3 is 20.1 Å². The molecule has 0 bridgehead atoms. The van der Waals surface area contributed by atoms with Crippen LogP contribution in [0.4, 0.5) is 13.6 Å². The number of carbonyl (C=O) groups excluding carboxylic acids is 1. The van der Waals surface area contributed by atoms with Crippen LogP contribution in [-0.4, -0.2) is 35.7 Å². The van der Waals surface area contributed by atoms with Crippen LogP contribution in [-0.2, 0) is 6.54 Å². The molecule has 1 aliphatic heterocycles. The summed E-state index contributed by atoms with van der Waals surface area (Å²) in [6.07, 6.45) is 0. The summed E-state index contributed by atoms with van der Waals surface area (Å²) in [5.41, 5.74) is 0.583. The van der Waals surface area contributed by atoms with Crippen LogP contribution in [0.15, 0.2) is 42.5 Å². The minimum absolute atomic E-state index is 0.0498. The second kappa shape index (κ2) is 7.15. The first-order chi connectivity index (χ1) is 13.1. The summed E-state index contributed by atoms with van der Waals surface area (Å²) in [5, 5.41) is 11.9. The summed E-state index contributed by atoms with van der Waals surface area (Å²) in [5.74, 6) is -0.166. The van der Waals surface area contributed by atoms with Gasteiger partial charge in [-0.2, -0.15) is 0 Å². The Balaban J connectivity index is 1.32. The number of hydrogen-bond donors (Lipinski definition) is 2. The summed E-state index contributed by atoms with van der Waals surface area (Å²) >= 11 is 0. The first kappa shape index (κ1) is 17.7. The molecule has 2 aromatic carbocycles. The Hall–Kier alpha value is -2.67. The van der Waals surface area contributed by atoms with E-state index in [2.05, 4.69) is 5.32 Å². The molecule has 2 aromatic rings. The lowest BCUT2D eigenvalue weighted by molar-refractivity contribution is 0.191. The van der Waals surface area contributed by atoms with Gasteiger partial charge in [0, 0.05) is 26.2 Å². The Bertz CT molecular complexity index is 849. The number of amides is 2. The second-order valence-corrected chi connectivity index (χ2v) is 7.04. The fourth-order valence-corrected chi connectivity index (χ4v) is 3.76. The quantitative estimate of drug-likeness (QED) is 0.845. The highest BCUT2D eigenvalue weighted by molar-refractivity contribution is 5.74. The van der Waals surface area contributed by atoms with E-state index >= 15 is 0 Å². The molecule has 142 valence electrons. The lowest BCUT2D eigenvalue weighted by atomic mass is 10.2. The van der Waals surface area contributed by atoms with Crippen LogP contribution in [0, 0.1) is 29.4 Å². The molecule has 0 spiro atoms. The molecule has 2 aliphatic rings. The van der Waals surface area contributed by atoms with Crippen molar-refractivity contribution in [1.82, 2.24) is 10.2 Å². The molecular weight excluding hydrogens is 354 g/mol. The average molecular weight is 374 g/mol. The number of nitrogens with one attached hydrogen (secondary N) is 1. The van der Waals surface area contributed by atoms with E-state index in [1.807, 2.05) is 0 Å². The fourth-order valence-electron chi connectivity index (χ4n) is 3.76. The van der Waals surface area contributed by atoms with Gasteiger partial charge in [0.05, 0.1) is 0 Å². The van der Waals surface area contributed by atoms with E-state index in [4.69, 9.17) is 9.84 Å². The summed E-state index contributed by atoms with van der Waals surface area (Å²) in [6.45, 7) is 1.69. The topological polar surface area (TPSA) is 61.8 Å². The van der Waals surface area contributed by atoms with E-state index in [0.717, 1.165) is 0 Å². The number of para-hydroxylation sites is 1. The van der Waals surface area contributed by atoms with E-state index in [1.54, 1.807) is 17.0 Å². The van der Waals surface area contributed by atoms with E-state index in [9.17, 15) is 13.6 Å². The first-order valence-electron chi connectivity index (χ1n) is 8.91. The molecule has 2 fully saturated rings. The predicted molar refractivity (Wildman–Crippen MR) is 94.2 cm³/mol. The smallest absolute Gasteiger partial charge is 0.317 e. The van der Waals surface area contributed by atoms with Gasteiger partial charge in [-0.25, -0.2) is 13.6 Å². The van der Waals surface area contributed by atoms with Gasteiger partial charge in [-0.3, -0.25) is 0 Å². The number of rotatable bonds is 5. The Morgan fingerprint density at radius 2 is 1.81 bits per heavy atom. The zero-order valence-electron chi connectivity index (χ0n) is 14.6. The van der Waals surface area contributed by atoms with Crippen molar-refractivity contribution in [3.63, 3.8) is 0 Å². The number of urea groups is 1. The van der Waals surface area contributed by atoms with E-state index in [0.29, 0.717) is 36.4 Å². The molecule has 7 heteroatoms. The molecule has 1 saturated carbocycles. The fraction of sp³-hybridized carbons (Fsp3) is 0.350. The highest BCUT2D eigenvalue weighted by atomic mass is 19.1. The van der Waals surface area contributed by atoms with Crippen LogP contribution < -0.4 is 10.1 Å². The van der Waals surface area contributed by atoms with Gasteiger partial charge in [0.15, 0.2) is 23.1 Å². The lowest BCUT2D eigenvalue weighted by Gasteiger charge is -2.20. The van der Waals surface area contributed by atoms with Crippen molar-refractivity contribution in [1.29, 1.82) is 0 Å². The highest BCUT2D eigenvalue weighted by Crippen LogP contribution is 2.51. The SMILES string of the molecule is O=C(NCc1ccc(Oc2ccccc2F)c(F)c1)N1C[C@@H]2C(CO)[C@@H]2C1. The molecule has 2 N–H and O–H groups in total. The number of likely N-dealkylation sites (tertiary alicyclic amines) is 1. The maximum Gasteiger partial charge on any atom is 0.317 e. The molecule has 0 radical (unpaired) electrons. The van der Waals surface area contributed by atoms with Crippen molar-refractivity contribution in [3.05, 3.63) is 59.7 Å². The van der Waals surface area contributed by atoms with Gasteiger partial charge in [-0.1, -0.05) is 18.2 Å². The van der Waals surface area contributed by atoms with E-state index in [-0.39, 0.29) is 30.7 Å². The normalized spacial score (nSPS) is 23.1. The summed E-state index contributed by atoms with van der Waals surface area (Å²) in [6, 6.07) is 9.91. The maximum absolute atomic E-state index is 14.2. The zero-order valence-corrected chi connectivity index (χ0v) is 14.6. The van der Waals surface area contributed by atoms with Crippen LogP contribution in [0.1, 0.15) is 5.56 Å². The number of aliphatic hydroxyl groups is 1. The summed E-state index contributed by atoms with van der Waals surface area (Å²) in [4.78, 5) is 13.9. The van der Waals surface area contributed by atoms with Crippen LogP contribution in [0.5, 0.6) is 11.5 Å². The maximum atomic E-state index is 14.2. The third-order valence-corrected chi connectivity index (χ3v) is 5.37. The minimum Gasteiger partial charge on any atom is -0.451 e. The lowest BCUT2D eigenvalue weighted by Crippen LogP contribution is -2.39. The van der Waals surface area contributed by atoms with Gasteiger partial charge in [0.25, 0.3) is 0 Å². The highest BCUT2D eigenvalue weighted by Gasteiger charge is 2.56. The standard InChI is InChI=1S/C20H20F2N2O3/c21-16-3-1-2-4-18(16)27-19-6-5-12(7-17(19)22)8-23-20(26)24-9-13-14(10-24)15(13)11-25/h1-7,13-15,25H,8-11H2,(H,23,26)/t13-,14+,15?. The first-order valence-corrected chi connectivity index (χ1v) is 8.91. The van der Waals surface area contributed by atoms with Crippen molar-refractivity contribution in [3.8, 4) is 11.5 Å². The Kier molecular flexibility index (Phi) is 4.70. The van der Waals surface area contributed by atoms with Crippen molar-refractivity contribution < 1.29 is 23.4 Å². The van der Waals surface area contributed by atoms with Gasteiger partial charge in [0.2, 0.25) is 0 Å². The molecule has 1 unspecified atom stereocenters. The molecule has 3 atom stereocenters. The molecule has 2 amide bonds. The second-order valence-electron chi connectivity index (χ2n) is 7.04. The van der Waals surface area contributed by atoms with Crippen molar-refractivity contribution in [2.24, 2.45) is 17.8 Å². The number of ether oxygens (including phenoxy) is 1. The molecule has 1 saturated heterocycles. The molecule has 4 rings (SSSR count). The van der Waals surface area contributed by atoms with Crippen LogP contribution in [0.3, 0.4) is 0 Å². The van der Waals surface area contributed by atoms with Crippen molar-refractivity contribution >= 4 is 6.03 Å². The van der Waals surface area contributed by atoms with Crippen molar-refractivity contribution in [2.75, 3.05) is 19.7 Å². The molecule has 1 aliphatic carbocycles. The molecular formula is C20H20F2N2O3. The van der Waals surface area contributed by atoms with E-state index < -0.39 is 11.6 Å². The van der Waals surface area contributed by atoms with Gasteiger partial charge >= 0.3 is 6.03 Å². The third-order valence-electron chi connectivity index (χ3n) is 5.37. The number of aliphatic hydroxyl groups excluding tert-OH is 1. The Morgan fingerprint density at radius 1 is 1.11 bits per heavy atom. The predicted octanol–water partition coefficient (Wildman–Crippen LogP) is 3.14. The Labute approximate surface area is 155 Å². The summed E-state index contributed by atoms with van der Waals surface area (Å²) < 4.78 is 33.1. The summed E-state index contributed by atoms with van der Waals surface area (Å²) in [7, 11) is 0.